The van der Waals surface area contributed by atoms with E-state index in [1.54, 1.807) is 0 Å². The highest BCUT2D eigenvalue weighted by Gasteiger charge is 2.42. The van der Waals surface area contributed by atoms with Crippen molar-refractivity contribution in [3.05, 3.63) is 78.5 Å². The number of anilines is 2. The van der Waals surface area contributed by atoms with Gasteiger partial charge in [0, 0.05) is 50.0 Å². The quantitative estimate of drug-likeness (QED) is 0.245. The zero-order valence-corrected chi connectivity index (χ0v) is 28.3. The van der Waals surface area contributed by atoms with Crippen molar-refractivity contribution in [2.45, 2.75) is 51.1 Å². The van der Waals surface area contributed by atoms with Gasteiger partial charge in [-0.1, -0.05) is 6.07 Å². The number of alkyl halides is 2. The van der Waals surface area contributed by atoms with E-state index >= 15 is 4.39 Å². The van der Waals surface area contributed by atoms with Crippen molar-refractivity contribution in [1.29, 1.82) is 0 Å². The Hall–Kier alpha value is -5.84. The largest absolute Gasteiger partial charge is 0.432 e. The number of nitrogens with zero attached hydrogens (tertiary/aromatic N) is 9. The van der Waals surface area contributed by atoms with Gasteiger partial charge in [-0.25, -0.2) is 33.4 Å². The van der Waals surface area contributed by atoms with Crippen LogP contribution in [0.3, 0.4) is 0 Å². The molecule has 53 heavy (non-hydrogen) atoms. The van der Waals surface area contributed by atoms with E-state index in [9.17, 15) is 18.0 Å². The van der Waals surface area contributed by atoms with Crippen LogP contribution in [-0.2, 0) is 16.1 Å². The number of carbonyl (C=O) groups is 1. The molecule has 0 saturated carbocycles. The molecule has 3 aliphatic rings. The van der Waals surface area contributed by atoms with Crippen molar-refractivity contribution in [2.24, 2.45) is 0 Å². The number of ether oxygens (including phenoxy) is 2. The van der Waals surface area contributed by atoms with Gasteiger partial charge in [0.1, 0.15) is 47.2 Å². The SMILES string of the molecule is Cc1nc2cc(F)cc3c2n1C[C@@H]1CN(CCCO1)C(=O)[C@@H]1C[C@@H](CN1c1ncnc2c1cnn2-c1ccc(F)cc1OC(F)F)Nc1cccc-3n1. The summed E-state index contributed by atoms with van der Waals surface area (Å²) in [6, 6.07) is 10.7. The molecule has 2 saturated heterocycles. The molecule has 9 rings (SSSR count). The third-order valence-corrected chi connectivity index (χ3v) is 9.99. The number of benzene rings is 2. The Morgan fingerprint density at radius 3 is 2.77 bits per heavy atom. The van der Waals surface area contributed by atoms with Gasteiger partial charge in [-0.3, -0.25) is 4.79 Å². The van der Waals surface area contributed by atoms with Gasteiger partial charge in [-0.05, 0) is 50.1 Å². The fraction of sp³-hybridized carbons (Fsp3) is 0.333. The number of rotatable bonds is 4. The Labute approximate surface area is 299 Å². The maximum Gasteiger partial charge on any atom is 0.387 e. The minimum Gasteiger partial charge on any atom is -0.432 e. The van der Waals surface area contributed by atoms with Crippen LogP contribution in [0.2, 0.25) is 0 Å². The number of carbonyl (C=O) groups excluding carboxylic acids is 1. The number of aryl methyl sites for hydroxylation is 1. The molecule has 1 N–H and O–H groups in total. The van der Waals surface area contributed by atoms with Crippen molar-refractivity contribution in [1.82, 2.24) is 39.2 Å². The predicted octanol–water partition coefficient (Wildman–Crippen LogP) is 5.11. The van der Waals surface area contributed by atoms with E-state index in [0.29, 0.717) is 85.2 Å². The van der Waals surface area contributed by atoms with Crippen molar-refractivity contribution in [3.63, 3.8) is 0 Å². The van der Waals surface area contributed by atoms with E-state index in [2.05, 4.69) is 30.1 Å². The van der Waals surface area contributed by atoms with E-state index in [-0.39, 0.29) is 29.4 Å². The minimum atomic E-state index is -3.20. The normalized spacial score (nSPS) is 20.4. The van der Waals surface area contributed by atoms with Crippen LogP contribution in [0, 0.1) is 18.6 Å². The number of pyridine rings is 1. The highest BCUT2D eigenvalue weighted by molar-refractivity contribution is 5.94. The van der Waals surface area contributed by atoms with Crippen LogP contribution >= 0.6 is 0 Å². The number of aromatic nitrogens is 7. The first-order valence-electron chi connectivity index (χ1n) is 17.2. The van der Waals surface area contributed by atoms with Gasteiger partial charge in [-0.15, -0.1) is 0 Å². The summed E-state index contributed by atoms with van der Waals surface area (Å²) in [5, 5.41) is 8.36. The molecule has 2 fully saturated rings. The summed E-state index contributed by atoms with van der Waals surface area (Å²) in [5.74, 6) is -0.0767. The first-order valence-corrected chi connectivity index (χ1v) is 17.2. The lowest BCUT2D eigenvalue weighted by Gasteiger charge is -2.31. The van der Waals surface area contributed by atoms with Crippen molar-refractivity contribution in [3.8, 4) is 22.7 Å². The number of fused-ring (bicyclic) bond motifs is 8. The van der Waals surface area contributed by atoms with Crippen LogP contribution in [-0.4, -0.2) is 96.1 Å². The topological polar surface area (TPSA) is 128 Å². The Morgan fingerprint density at radius 1 is 1.02 bits per heavy atom. The van der Waals surface area contributed by atoms with Crippen LogP contribution in [0.1, 0.15) is 18.7 Å². The van der Waals surface area contributed by atoms with Gasteiger partial charge in [0.05, 0.1) is 41.0 Å². The Kier molecular flexibility index (Phi) is 8.09. The van der Waals surface area contributed by atoms with Crippen LogP contribution in [0.4, 0.5) is 29.2 Å². The summed E-state index contributed by atoms with van der Waals surface area (Å²) >= 11 is 0. The fourth-order valence-electron chi connectivity index (χ4n) is 7.76. The Morgan fingerprint density at radius 2 is 1.91 bits per heavy atom. The van der Waals surface area contributed by atoms with Gasteiger partial charge in [-0.2, -0.15) is 13.9 Å². The molecule has 17 heteroatoms. The van der Waals surface area contributed by atoms with Crippen molar-refractivity contribution < 1.29 is 31.8 Å². The molecular formula is C36H32F4N10O3. The van der Waals surface area contributed by atoms with Crippen molar-refractivity contribution >= 4 is 39.6 Å². The molecule has 6 aromatic rings. The molecule has 0 unspecified atom stereocenters. The van der Waals surface area contributed by atoms with Gasteiger partial charge < -0.3 is 29.2 Å². The zero-order chi connectivity index (χ0) is 36.4. The Balaban J connectivity index is 1.14. The van der Waals surface area contributed by atoms with Crippen LogP contribution in [0.5, 0.6) is 5.75 Å². The third-order valence-electron chi connectivity index (χ3n) is 9.99. The molecule has 0 radical (unpaired) electrons. The molecule has 3 atom stereocenters. The summed E-state index contributed by atoms with van der Waals surface area (Å²) < 4.78 is 69.9. The molecule has 0 spiro atoms. The molecule has 7 heterocycles. The third kappa shape index (κ3) is 5.93. The number of imidazole rings is 1. The maximum atomic E-state index is 15.0. The van der Waals surface area contributed by atoms with Gasteiger partial charge >= 0.3 is 6.61 Å². The second kappa shape index (κ2) is 13.0. The highest BCUT2D eigenvalue weighted by Crippen LogP contribution is 2.36. The van der Waals surface area contributed by atoms with E-state index in [4.69, 9.17) is 9.72 Å². The van der Waals surface area contributed by atoms with E-state index in [1.165, 1.54) is 35.4 Å². The number of hydrogen-bond acceptors (Lipinski definition) is 10. The second-order valence-electron chi connectivity index (χ2n) is 13.4. The second-order valence-corrected chi connectivity index (χ2v) is 13.4. The maximum absolute atomic E-state index is 15.0. The summed E-state index contributed by atoms with van der Waals surface area (Å²) in [6.45, 7) is 0.636. The fourth-order valence-corrected chi connectivity index (χ4v) is 7.76. The lowest BCUT2D eigenvalue weighted by Crippen LogP contribution is -2.48. The monoisotopic (exact) mass is 728 g/mol. The lowest BCUT2D eigenvalue weighted by atomic mass is 10.1. The number of hydrogen-bond donors (Lipinski definition) is 1. The van der Waals surface area contributed by atoms with Gasteiger partial charge in [0.2, 0.25) is 5.91 Å². The molecule has 1 amide bonds. The molecule has 13 nitrogen and oxygen atoms in total. The molecule has 0 aliphatic carbocycles. The molecule has 3 aliphatic heterocycles. The minimum absolute atomic E-state index is 0.0507. The lowest BCUT2D eigenvalue weighted by molar-refractivity contribution is -0.133. The Bertz CT molecular complexity index is 2390. The smallest absolute Gasteiger partial charge is 0.387 e. The zero-order valence-electron chi connectivity index (χ0n) is 28.3. The van der Waals surface area contributed by atoms with Crippen LogP contribution in [0.25, 0.3) is 39.0 Å². The summed E-state index contributed by atoms with van der Waals surface area (Å²) in [5.41, 5.74) is 2.70. The van der Waals surface area contributed by atoms with E-state index < -0.39 is 30.0 Å². The predicted molar refractivity (Wildman–Crippen MR) is 185 cm³/mol. The van der Waals surface area contributed by atoms with Gasteiger partial charge in [0.25, 0.3) is 0 Å². The summed E-state index contributed by atoms with van der Waals surface area (Å²) in [4.78, 5) is 37.0. The highest BCUT2D eigenvalue weighted by atomic mass is 19.3. The molecule has 2 aromatic carbocycles. The number of amides is 1. The molecular weight excluding hydrogens is 696 g/mol. The standard InChI is InChI=1S/C36H32F4N10O3/c1-19-44-27-11-21(38)10-24-26-4-2-5-31(46-26)45-22-13-29(35(51)47-8-3-9-52-23(16-47)17-48(19)32(24)27)49(15-22)33-25-14-43-50(34(25)42-18-41-33)28-7-6-20(37)12-30(28)53-36(39)40/h2,4-7,10-12,14,18,22-23,29,36H,3,8-9,13,15-17H2,1H3,(H,45,46)/t22-,23-,29-/m0/s1. The first kappa shape index (κ1) is 33.0. The number of halogens is 4. The molecule has 272 valence electrons. The van der Waals surface area contributed by atoms with Gasteiger partial charge in [0.15, 0.2) is 11.4 Å². The number of nitrogens with one attached hydrogen (secondary N) is 1. The van der Waals surface area contributed by atoms with E-state index in [1.807, 2.05) is 39.5 Å². The van der Waals surface area contributed by atoms with E-state index in [0.717, 1.165) is 17.6 Å². The summed E-state index contributed by atoms with van der Waals surface area (Å²) in [7, 11) is 0. The average molecular weight is 729 g/mol. The molecule has 6 bridgehead atoms. The van der Waals surface area contributed by atoms with Crippen molar-refractivity contribution in [2.75, 3.05) is 36.5 Å². The van der Waals surface area contributed by atoms with Crippen LogP contribution < -0.4 is 15.0 Å². The summed E-state index contributed by atoms with van der Waals surface area (Å²) in [6.07, 6.45) is 3.45. The molecule has 4 aromatic heterocycles. The van der Waals surface area contributed by atoms with Crippen LogP contribution in [0.15, 0.2) is 61.1 Å². The first-order chi connectivity index (χ1) is 25.7. The average Bonchev–Trinajstić information content (AvgIpc) is 3.77.